The van der Waals surface area contributed by atoms with E-state index in [0.29, 0.717) is 0 Å². The molecule has 2 nitrogen and oxygen atoms in total. The lowest BCUT2D eigenvalue weighted by Gasteiger charge is -1.97. The van der Waals surface area contributed by atoms with Crippen molar-refractivity contribution in [3.63, 3.8) is 0 Å². The number of hydrogen-bond acceptors (Lipinski definition) is 4. The van der Waals surface area contributed by atoms with Crippen molar-refractivity contribution in [1.82, 2.24) is 9.97 Å². The fourth-order valence-electron chi connectivity index (χ4n) is 1.01. The van der Waals surface area contributed by atoms with Crippen molar-refractivity contribution in [2.24, 2.45) is 0 Å². The Morgan fingerprint density at radius 3 is 3.00 bits per heavy atom. The molecule has 0 aliphatic rings. The van der Waals surface area contributed by atoms with E-state index in [2.05, 4.69) is 26.8 Å². The quantitative estimate of drug-likeness (QED) is 0.560. The van der Waals surface area contributed by atoms with Crippen molar-refractivity contribution in [2.45, 2.75) is 5.16 Å². The van der Waals surface area contributed by atoms with Gasteiger partial charge in [-0.1, -0.05) is 11.8 Å². The van der Waals surface area contributed by atoms with Gasteiger partial charge in [-0.3, -0.25) is 0 Å². The van der Waals surface area contributed by atoms with Gasteiger partial charge in [0.2, 0.25) is 0 Å². The van der Waals surface area contributed by atoms with Gasteiger partial charge in [0.1, 0.15) is 0 Å². The summed E-state index contributed by atoms with van der Waals surface area (Å²) in [7, 11) is 0. The average molecular weight is 208 g/mol. The Bertz CT molecular complexity index is 384. The first-order valence-electron chi connectivity index (χ1n) is 3.80. The van der Waals surface area contributed by atoms with Crippen LogP contribution in [0.5, 0.6) is 0 Å². The van der Waals surface area contributed by atoms with Crippen LogP contribution < -0.4 is 0 Å². The highest BCUT2D eigenvalue weighted by Crippen LogP contribution is 2.20. The zero-order valence-corrected chi connectivity index (χ0v) is 8.73. The molecule has 0 aliphatic heterocycles. The van der Waals surface area contributed by atoms with Crippen LogP contribution in [0, 0.1) is 0 Å². The minimum Gasteiger partial charge on any atom is -0.231 e. The Morgan fingerprint density at radius 1 is 1.38 bits per heavy atom. The third-order valence-corrected chi connectivity index (χ3v) is 2.88. The van der Waals surface area contributed by atoms with Crippen LogP contribution in [0.25, 0.3) is 11.3 Å². The molecule has 0 amide bonds. The van der Waals surface area contributed by atoms with Crippen LogP contribution in [-0.2, 0) is 0 Å². The molecule has 0 atom stereocenters. The molecule has 0 saturated heterocycles. The number of rotatable bonds is 2. The summed E-state index contributed by atoms with van der Waals surface area (Å²) in [5.41, 5.74) is 2.17. The number of thioether (sulfide) groups is 1. The van der Waals surface area contributed by atoms with Crippen molar-refractivity contribution >= 4 is 23.1 Å². The first kappa shape index (κ1) is 8.72. The third kappa shape index (κ3) is 1.89. The third-order valence-electron chi connectivity index (χ3n) is 1.63. The van der Waals surface area contributed by atoms with Gasteiger partial charge in [0.25, 0.3) is 0 Å². The van der Waals surface area contributed by atoms with Crippen molar-refractivity contribution in [3.8, 4) is 11.3 Å². The van der Waals surface area contributed by atoms with E-state index in [4.69, 9.17) is 0 Å². The average Bonchev–Trinajstić information content (AvgIpc) is 2.71. The fraction of sp³-hybridized carbons (Fsp3) is 0.111. The van der Waals surface area contributed by atoms with Gasteiger partial charge in [0.05, 0.1) is 5.69 Å². The first-order valence-corrected chi connectivity index (χ1v) is 5.96. The first-order chi connectivity index (χ1) is 6.40. The molecule has 0 radical (unpaired) electrons. The molecule has 2 aromatic heterocycles. The van der Waals surface area contributed by atoms with E-state index in [0.717, 1.165) is 10.9 Å². The molecule has 66 valence electrons. The van der Waals surface area contributed by atoms with Crippen LogP contribution in [0.2, 0.25) is 0 Å². The van der Waals surface area contributed by atoms with Gasteiger partial charge in [-0.25, -0.2) is 9.97 Å². The SMILES string of the molecule is CSc1nccc(-c2ccsc2)n1. The molecule has 0 saturated carbocycles. The molecule has 0 N–H and O–H groups in total. The van der Waals surface area contributed by atoms with Crippen LogP contribution >= 0.6 is 23.1 Å². The lowest BCUT2D eigenvalue weighted by Crippen LogP contribution is -1.86. The van der Waals surface area contributed by atoms with Crippen molar-refractivity contribution < 1.29 is 0 Å². The van der Waals surface area contributed by atoms with Crippen molar-refractivity contribution in [1.29, 1.82) is 0 Å². The zero-order chi connectivity index (χ0) is 9.10. The molecule has 0 fully saturated rings. The molecule has 0 aliphatic carbocycles. The summed E-state index contributed by atoms with van der Waals surface area (Å²) in [5, 5.41) is 4.96. The molecule has 4 heteroatoms. The molecule has 13 heavy (non-hydrogen) atoms. The molecule has 2 aromatic rings. The lowest BCUT2D eigenvalue weighted by atomic mass is 10.2. The minimum absolute atomic E-state index is 0.823. The van der Waals surface area contributed by atoms with E-state index in [1.54, 1.807) is 29.3 Å². The van der Waals surface area contributed by atoms with Crippen LogP contribution in [0.4, 0.5) is 0 Å². The zero-order valence-electron chi connectivity index (χ0n) is 7.10. The van der Waals surface area contributed by atoms with Gasteiger partial charge >= 0.3 is 0 Å². The second-order valence-corrected chi connectivity index (χ2v) is 3.99. The van der Waals surface area contributed by atoms with E-state index in [-0.39, 0.29) is 0 Å². The predicted molar refractivity (Wildman–Crippen MR) is 57.1 cm³/mol. The van der Waals surface area contributed by atoms with Crippen LogP contribution in [-0.4, -0.2) is 16.2 Å². The van der Waals surface area contributed by atoms with E-state index < -0.39 is 0 Å². The van der Waals surface area contributed by atoms with E-state index in [1.165, 1.54) is 5.56 Å². The van der Waals surface area contributed by atoms with E-state index in [9.17, 15) is 0 Å². The van der Waals surface area contributed by atoms with Gasteiger partial charge in [0.15, 0.2) is 5.16 Å². The van der Waals surface area contributed by atoms with Crippen molar-refractivity contribution in [2.75, 3.05) is 6.26 Å². The molecule has 0 unspecified atom stereocenters. The second kappa shape index (κ2) is 3.89. The van der Waals surface area contributed by atoms with Gasteiger partial charge in [-0.15, -0.1) is 0 Å². The highest BCUT2D eigenvalue weighted by Gasteiger charge is 2.00. The number of hydrogen-bond donors (Lipinski definition) is 0. The monoisotopic (exact) mass is 208 g/mol. The van der Waals surface area contributed by atoms with E-state index >= 15 is 0 Å². The standard InChI is InChI=1S/C9H8N2S2/c1-12-9-10-4-2-8(11-9)7-3-5-13-6-7/h2-6H,1H3. The molecule has 0 aromatic carbocycles. The Morgan fingerprint density at radius 2 is 2.31 bits per heavy atom. The number of nitrogens with zero attached hydrogens (tertiary/aromatic N) is 2. The highest BCUT2D eigenvalue weighted by molar-refractivity contribution is 7.98. The second-order valence-electron chi connectivity index (χ2n) is 2.44. The summed E-state index contributed by atoms with van der Waals surface area (Å²) in [6.07, 6.45) is 3.78. The molecule has 0 spiro atoms. The van der Waals surface area contributed by atoms with Gasteiger partial charge < -0.3 is 0 Å². The predicted octanol–water partition coefficient (Wildman–Crippen LogP) is 2.93. The van der Waals surface area contributed by atoms with E-state index in [1.807, 2.05) is 12.3 Å². The van der Waals surface area contributed by atoms with Crippen LogP contribution in [0.1, 0.15) is 0 Å². The smallest absolute Gasteiger partial charge is 0.187 e. The lowest BCUT2D eigenvalue weighted by molar-refractivity contribution is 0.977. The molecule has 2 heterocycles. The maximum absolute atomic E-state index is 4.39. The fourth-order valence-corrected chi connectivity index (χ4v) is 2.02. The van der Waals surface area contributed by atoms with Gasteiger partial charge in [-0.05, 0) is 23.8 Å². The number of aromatic nitrogens is 2. The maximum Gasteiger partial charge on any atom is 0.187 e. The Hall–Kier alpha value is -0.870. The van der Waals surface area contributed by atoms with Crippen LogP contribution in [0.15, 0.2) is 34.2 Å². The summed E-state index contributed by atoms with van der Waals surface area (Å²) in [6, 6.07) is 4.00. The van der Waals surface area contributed by atoms with Gasteiger partial charge in [-0.2, -0.15) is 11.3 Å². The van der Waals surface area contributed by atoms with Crippen molar-refractivity contribution in [3.05, 3.63) is 29.1 Å². The Balaban J connectivity index is 2.41. The Kier molecular flexibility index (Phi) is 2.61. The molecule has 0 bridgehead atoms. The summed E-state index contributed by atoms with van der Waals surface area (Å²) >= 11 is 3.24. The maximum atomic E-state index is 4.39. The summed E-state index contributed by atoms with van der Waals surface area (Å²) in [6.45, 7) is 0. The Labute approximate surface area is 85.1 Å². The molecule has 2 rings (SSSR count). The normalized spacial score (nSPS) is 10.2. The molecular formula is C9H8N2S2. The summed E-state index contributed by atoms with van der Waals surface area (Å²) < 4.78 is 0. The van der Waals surface area contributed by atoms with Gasteiger partial charge in [0, 0.05) is 17.1 Å². The highest BCUT2D eigenvalue weighted by atomic mass is 32.2. The summed E-state index contributed by atoms with van der Waals surface area (Å²) in [4.78, 5) is 8.52. The number of thiophene rings is 1. The summed E-state index contributed by atoms with van der Waals surface area (Å²) in [5.74, 6) is 0. The minimum atomic E-state index is 0.823. The topological polar surface area (TPSA) is 25.8 Å². The largest absolute Gasteiger partial charge is 0.231 e. The van der Waals surface area contributed by atoms with Crippen LogP contribution in [0.3, 0.4) is 0 Å². The molecular weight excluding hydrogens is 200 g/mol.